The number of hydrogen-bond donors (Lipinski definition) is 0. The standard InChI is InChI=1S/C28H27N/c1-22-13-17-26(18-14-22)29(27-19-15-23(2)16-20-27)21-28(24-9-5-3-6-10-24)25-11-7-4-8-12-25/h3-20,28H,21H2,1-2H3. The summed E-state index contributed by atoms with van der Waals surface area (Å²) in [5.74, 6) is 0.278. The van der Waals surface area contributed by atoms with Crippen LogP contribution in [0.1, 0.15) is 28.2 Å². The molecule has 29 heavy (non-hydrogen) atoms. The number of rotatable bonds is 6. The second-order valence-corrected chi connectivity index (χ2v) is 7.66. The van der Waals surface area contributed by atoms with Crippen LogP contribution in [0.2, 0.25) is 0 Å². The lowest BCUT2D eigenvalue weighted by Crippen LogP contribution is -2.24. The maximum atomic E-state index is 2.43. The average molecular weight is 378 g/mol. The van der Waals surface area contributed by atoms with Gasteiger partial charge in [0.25, 0.3) is 0 Å². The van der Waals surface area contributed by atoms with E-state index in [1.54, 1.807) is 0 Å². The minimum absolute atomic E-state index is 0.278. The summed E-state index contributed by atoms with van der Waals surface area (Å²) in [6, 6.07) is 39.3. The van der Waals surface area contributed by atoms with Crippen LogP contribution in [-0.2, 0) is 0 Å². The highest BCUT2D eigenvalue weighted by molar-refractivity contribution is 5.64. The summed E-state index contributed by atoms with van der Waals surface area (Å²) in [5, 5.41) is 0. The van der Waals surface area contributed by atoms with Crippen molar-refractivity contribution in [2.24, 2.45) is 0 Å². The molecule has 0 aliphatic carbocycles. The van der Waals surface area contributed by atoms with E-state index in [4.69, 9.17) is 0 Å². The van der Waals surface area contributed by atoms with E-state index in [1.807, 2.05) is 0 Å². The van der Waals surface area contributed by atoms with Crippen molar-refractivity contribution in [3.8, 4) is 0 Å². The van der Waals surface area contributed by atoms with Crippen molar-refractivity contribution in [1.82, 2.24) is 0 Å². The van der Waals surface area contributed by atoms with Crippen molar-refractivity contribution >= 4 is 11.4 Å². The Balaban J connectivity index is 1.78. The summed E-state index contributed by atoms with van der Waals surface area (Å²) in [6.07, 6.45) is 0. The highest BCUT2D eigenvalue weighted by Gasteiger charge is 2.20. The van der Waals surface area contributed by atoms with Gasteiger partial charge in [-0.3, -0.25) is 0 Å². The molecule has 0 spiro atoms. The molecular formula is C28H27N. The molecule has 4 rings (SSSR count). The van der Waals surface area contributed by atoms with Crippen LogP contribution in [0.4, 0.5) is 11.4 Å². The molecule has 0 N–H and O–H groups in total. The normalized spacial score (nSPS) is 10.9. The average Bonchev–Trinajstić information content (AvgIpc) is 2.77. The van der Waals surface area contributed by atoms with Crippen LogP contribution in [0.15, 0.2) is 109 Å². The van der Waals surface area contributed by atoms with Gasteiger partial charge in [0.15, 0.2) is 0 Å². The molecule has 144 valence electrons. The van der Waals surface area contributed by atoms with Gasteiger partial charge in [0, 0.05) is 23.8 Å². The van der Waals surface area contributed by atoms with Gasteiger partial charge < -0.3 is 4.90 Å². The Morgan fingerprint density at radius 2 is 0.897 bits per heavy atom. The van der Waals surface area contributed by atoms with Gasteiger partial charge in [-0.2, -0.15) is 0 Å². The van der Waals surface area contributed by atoms with E-state index in [1.165, 1.54) is 33.6 Å². The summed E-state index contributed by atoms with van der Waals surface area (Å²) in [7, 11) is 0. The predicted octanol–water partition coefficient (Wildman–Crippen LogP) is 7.27. The van der Waals surface area contributed by atoms with Crippen LogP contribution in [0, 0.1) is 13.8 Å². The van der Waals surface area contributed by atoms with Crippen LogP contribution in [0.25, 0.3) is 0 Å². The first-order chi connectivity index (χ1) is 14.2. The van der Waals surface area contributed by atoms with Crippen molar-refractivity contribution < 1.29 is 0 Å². The Morgan fingerprint density at radius 1 is 0.517 bits per heavy atom. The molecule has 0 aliphatic rings. The van der Waals surface area contributed by atoms with Crippen LogP contribution in [0.5, 0.6) is 0 Å². The predicted molar refractivity (Wildman–Crippen MR) is 124 cm³/mol. The van der Waals surface area contributed by atoms with Gasteiger partial charge in [-0.15, -0.1) is 0 Å². The molecule has 0 aromatic heterocycles. The van der Waals surface area contributed by atoms with Gasteiger partial charge in [-0.1, -0.05) is 96.1 Å². The quantitative estimate of drug-likeness (QED) is 0.341. The van der Waals surface area contributed by atoms with Crippen molar-refractivity contribution in [2.45, 2.75) is 19.8 Å². The molecule has 0 radical (unpaired) electrons. The minimum atomic E-state index is 0.278. The maximum Gasteiger partial charge on any atom is 0.0411 e. The summed E-state index contributed by atoms with van der Waals surface area (Å²) in [5.41, 5.74) is 7.67. The topological polar surface area (TPSA) is 3.24 Å². The van der Waals surface area contributed by atoms with E-state index in [2.05, 4.69) is 128 Å². The van der Waals surface area contributed by atoms with Crippen LogP contribution >= 0.6 is 0 Å². The molecule has 0 heterocycles. The molecule has 0 fully saturated rings. The Bertz CT molecular complexity index is 934. The fourth-order valence-electron chi connectivity index (χ4n) is 3.77. The summed E-state index contributed by atoms with van der Waals surface area (Å²) in [4.78, 5) is 2.43. The van der Waals surface area contributed by atoms with E-state index in [-0.39, 0.29) is 5.92 Å². The largest absolute Gasteiger partial charge is 0.341 e. The van der Waals surface area contributed by atoms with E-state index in [9.17, 15) is 0 Å². The zero-order valence-corrected chi connectivity index (χ0v) is 17.1. The fraction of sp³-hybridized carbons (Fsp3) is 0.143. The summed E-state index contributed by atoms with van der Waals surface area (Å²) >= 11 is 0. The number of nitrogens with zero attached hydrogens (tertiary/aromatic N) is 1. The highest BCUT2D eigenvalue weighted by Crippen LogP contribution is 2.33. The Hall–Kier alpha value is -3.32. The van der Waals surface area contributed by atoms with E-state index < -0.39 is 0 Å². The molecule has 0 unspecified atom stereocenters. The lowest BCUT2D eigenvalue weighted by molar-refractivity contribution is 0.793. The van der Waals surface area contributed by atoms with Gasteiger partial charge in [0.2, 0.25) is 0 Å². The first-order valence-electron chi connectivity index (χ1n) is 10.2. The second-order valence-electron chi connectivity index (χ2n) is 7.66. The second kappa shape index (κ2) is 8.79. The number of benzene rings is 4. The molecule has 0 saturated heterocycles. The molecule has 4 aromatic rings. The molecule has 0 bridgehead atoms. The van der Waals surface area contributed by atoms with Gasteiger partial charge in [-0.25, -0.2) is 0 Å². The van der Waals surface area contributed by atoms with Crippen molar-refractivity contribution in [1.29, 1.82) is 0 Å². The Morgan fingerprint density at radius 3 is 1.28 bits per heavy atom. The smallest absolute Gasteiger partial charge is 0.0411 e. The van der Waals surface area contributed by atoms with Crippen molar-refractivity contribution in [2.75, 3.05) is 11.4 Å². The summed E-state index contributed by atoms with van der Waals surface area (Å²) < 4.78 is 0. The van der Waals surface area contributed by atoms with Crippen LogP contribution < -0.4 is 4.90 Å². The van der Waals surface area contributed by atoms with Crippen LogP contribution in [-0.4, -0.2) is 6.54 Å². The van der Waals surface area contributed by atoms with Crippen molar-refractivity contribution in [3.63, 3.8) is 0 Å². The Labute approximate surface area is 174 Å². The molecule has 1 heteroatoms. The third-order valence-electron chi connectivity index (χ3n) is 5.46. The molecule has 0 atom stereocenters. The number of hydrogen-bond acceptors (Lipinski definition) is 1. The summed E-state index contributed by atoms with van der Waals surface area (Å²) in [6.45, 7) is 5.15. The highest BCUT2D eigenvalue weighted by atomic mass is 15.1. The van der Waals surface area contributed by atoms with Gasteiger partial charge in [0.1, 0.15) is 0 Å². The third kappa shape index (κ3) is 4.57. The zero-order chi connectivity index (χ0) is 20.1. The van der Waals surface area contributed by atoms with Gasteiger partial charge in [-0.05, 0) is 49.2 Å². The zero-order valence-electron chi connectivity index (χ0n) is 17.1. The van der Waals surface area contributed by atoms with Crippen LogP contribution in [0.3, 0.4) is 0 Å². The van der Waals surface area contributed by atoms with Gasteiger partial charge >= 0.3 is 0 Å². The van der Waals surface area contributed by atoms with Crippen molar-refractivity contribution in [3.05, 3.63) is 131 Å². The minimum Gasteiger partial charge on any atom is -0.341 e. The lowest BCUT2D eigenvalue weighted by Gasteiger charge is -2.30. The first-order valence-corrected chi connectivity index (χ1v) is 10.2. The van der Waals surface area contributed by atoms with Gasteiger partial charge in [0.05, 0.1) is 0 Å². The maximum absolute atomic E-state index is 2.43. The molecule has 0 amide bonds. The molecular weight excluding hydrogens is 350 g/mol. The van der Waals surface area contributed by atoms with E-state index in [0.29, 0.717) is 0 Å². The molecule has 0 saturated carbocycles. The number of anilines is 2. The third-order valence-corrected chi connectivity index (χ3v) is 5.46. The molecule has 1 nitrogen and oxygen atoms in total. The van der Waals surface area contributed by atoms with E-state index in [0.717, 1.165) is 6.54 Å². The SMILES string of the molecule is Cc1ccc(N(CC(c2ccccc2)c2ccccc2)c2ccc(C)cc2)cc1. The molecule has 0 aliphatic heterocycles. The lowest BCUT2D eigenvalue weighted by atomic mass is 9.90. The number of aryl methyl sites for hydroxylation is 2. The molecule has 4 aromatic carbocycles. The first kappa shape index (κ1) is 19.0. The monoisotopic (exact) mass is 377 g/mol. The Kier molecular flexibility index (Phi) is 5.76. The fourth-order valence-corrected chi connectivity index (χ4v) is 3.77. The van der Waals surface area contributed by atoms with E-state index >= 15 is 0 Å².